The molecular formula is C14H31N3O. The minimum Gasteiger partial charge on any atom is -0.368 e. The van der Waals surface area contributed by atoms with E-state index < -0.39 is 5.54 Å². The van der Waals surface area contributed by atoms with Gasteiger partial charge in [0.2, 0.25) is 5.91 Å². The molecule has 0 spiro atoms. The smallest absolute Gasteiger partial charge is 0.238 e. The fourth-order valence-corrected chi connectivity index (χ4v) is 2.29. The van der Waals surface area contributed by atoms with Gasteiger partial charge in [-0.25, -0.2) is 0 Å². The molecule has 0 fully saturated rings. The van der Waals surface area contributed by atoms with E-state index in [9.17, 15) is 4.79 Å². The topological polar surface area (TPSA) is 58.4 Å². The van der Waals surface area contributed by atoms with E-state index in [1.165, 1.54) is 0 Å². The lowest BCUT2D eigenvalue weighted by atomic mass is 9.99. The normalized spacial score (nSPS) is 15.4. The molecule has 1 unspecified atom stereocenters. The second-order valence-electron chi connectivity index (χ2n) is 6.21. The maximum Gasteiger partial charge on any atom is 0.238 e. The Hall–Kier alpha value is -0.610. The maximum atomic E-state index is 11.7. The number of hydrogen-bond acceptors (Lipinski definition) is 3. The molecule has 0 saturated carbocycles. The van der Waals surface area contributed by atoms with Gasteiger partial charge in [-0.05, 0) is 25.3 Å². The van der Waals surface area contributed by atoms with Gasteiger partial charge < -0.3 is 16.0 Å². The predicted molar refractivity (Wildman–Crippen MR) is 77.4 cm³/mol. The van der Waals surface area contributed by atoms with E-state index in [4.69, 9.17) is 5.73 Å². The molecule has 0 aromatic heterocycles. The Balaban J connectivity index is 4.73. The van der Waals surface area contributed by atoms with E-state index >= 15 is 0 Å². The van der Waals surface area contributed by atoms with Crippen molar-refractivity contribution in [1.29, 1.82) is 0 Å². The summed E-state index contributed by atoms with van der Waals surface area (Å²) < 4.78 is 0. The molecular weight excluding hydrogens is 226 g/mol. The van der Waals surface area contributed by atoms with Crippen LogP contribution >= 0.6 is 0 Å². The van der Waals surface area contributed by atoms with E-state index in [0.29, 0.717) is 18.4 Å². The Labute approximate surface area is 112 Å². The summed E-state index contributed by atoms with van der Waals surface area (Å²) in [4.78, 5) is 14.0. The van der Waals surface area contributed by atoms with Crippen LogP contribution in [0.1, 0.15) is 41.5 Å². The third-order valence-corrected chi connectivity index (χ3v) is 2.90. The number of nitrogens with two attached hydrogens (primary N) is 1. The minimum atomic E-state index is -0.640. The largest absolute Gasteiger partial charge is 0.368 e. The third-order valence-electron chi connectivity index (χ3n) is 2.90. The van der Waals surface area contributed by atoms with Gasteiger partial charge in [0.1, 0.15) is 5.54 Å². The maximum absolute atomic E-state index is 11.7. The van der Waals surface area contributed by atoms with Crippen LogP contribution in [0, 0.1) is 11.8 Å². The molecule has 0 rings (SSSR count). The molecule has 1 amide bonds. The summed E-state index contributed by atoms with van der Waals surface area (Å²) in [6.45, 7) is 16.1. The zero-order valence-electron chi connectivity index (χ0n) is 12.9. The summed E-state index contributed by atoms with van der Waals surface area (Å²) in [5.41, 5.74) is 4.90. The van der Waals surface area contributed by atoms with Gasteiger partial charge in [0.25, 0.3) is 0 Å². The first kappa shape index (κ1) is 17.4. The van der Waals surface area contributed by atoms with Crippen LogP contribution in [-0.2, 0) is 4.79 Å². The van der Waals surface area contributed by atoms with Crippen LogP contribution in [-0.4, -0.2) is 42.5 Å². The molecule has 0 saturated heterocycles. The zero-order chi connectivity index (χ0) is 14.3. The number of carbonyl (C=O) groups excluding carboxylic acids is 1. The van der Waals surface area contributed by atoms with Gasteiger partial charge in [-0.15, -0.1) is 0 Å². The van der Waals surface area contributed by atoms with Crippen LogP contribution in [0.3, 0.4) is 0 Å². The first-order chi connectivity index (χ1) is 8.21. The van der Waals surface area contributed by atoms with Gasteiger partial charge in [-0.2, -0.15) is 0 Å². The minimum absolute atomic E-state index is 0.276. The Morgan fingerprint density at radius 3 is 1.94 bits per heavy atom. The average Bonchev–Trinajstić information content (AvgIpc) is 2.14. The lowest BCUT2D eigenvalue weighted by Gasteiger charge is -2.35. The molecule has 108 valence electrons. The molecule has 0 aromatic carbocycles. The van der Waals surface area contributed by atoms with Crippen molar-refractivity contribution >= 4 is 5.91 Å². The second-order valence-corrected chi connectivity index (χ2v) is 6.21. The van der Waals surface area contributed by atoms with Crippen molar-refractivity contribution in [3.8, 4) is 0 Å². The van der Waals surface area contributed by atoms with E-state index in [0.717, 1.165) is 19.6 Å². The molecule has 0 aromatic rings. The van der Waals surface area contributed by atoms with Crippen LogP contribution in [0.4, 0.5) is 0 Å². The zero-order valence-corrected chi connectivity index (χ0v) is 12.9. The van der Waals surface area contributed by atoms with E-state index in [-0.39, 0.29) is 5.91 Å². The molecule has 0 aliphatic carbocycles. The van der Waals surface area contributed by atoms with Gasteiger partial charge >= 0.3 is 0 Å². The standard InChI is InChI=1S/C14H31N3O/c1-7-16-14(6,13(15)18)10-17(8-11(2)3)9-12(4)5/h11-12,16H,7-10H2,1-6H3,(H2,15,18). The Bertz CT molecular complexity index is 243. The lowest BCUT2D eigenvalue weighted by Crippen LogP contribution is -2.60. The quantitative estimate of drug-likeness (QED) is 0.657. The van der Waals surface area contributed by atoms with Crippen LogP contribution in [0.25, 0.3) is 0 Å². The monoisotopic (exact) mass is 257 g/mol. The van der Waals surface area contributed by atoms with Crippen molar-refractivity contribution in [2.75, 3.05) is 26.2 Å². The SMILES string of the molecule is CCNC(C)(CN(CC(C)C)CC(C)C)C(N)=O. The number of hydrogen-bond donors (Lipinski definition) is 2. The summed E-state index contributed by atoms with van der Waals surface area (Å²) >= 11 is 0. The second kappa shape index (κ2) is 7.74. The van der Waals surface area contributed by atoms with Gasteiger partial charge in [0.05, 0.1) is 0 Å². The Kier molecular flexibility index (Phi) is 7.48. The molecule has 1 atom stereocenters. The number of likely N-dealkylation sites (N-methyl/N-ethyl adjacent to an activating group) is 1. The molecule has 0 aliphatic heterocycles. The average molecular weight is 257 g/mol. The van der Waals surface area contributed by atoms with Crippen molar-refractivity contribution in [2.45, 2.75) is 47.1 Å². The van der Waals surface area contributed by atoms with Crippen LogP contribution in [0.5, 0.6) is 0 Å². The number of rotatable bonds is 9. The fourth-order valence-electron chi connectivity index (χ4n) is 2.29. The highest BCUT2D eigenvalue weighted by Gasteiger charge is 2.32. The summed E-state index contributed by atoms with van der Waals surface area (Å²) in [6.07, 6.45) is 0. The number of nitrogens with one attached hydrogen (secondary N) is 1. The van der Waals surface area contributed by atoms with E-state index in [1.54, 1.807) is 0 Å². The molecule has 0 heterocycles. The summed E-state index contributed by atoms with van der Waals surface area (Å²) in [6, 6.07) is 0. The summed E-state index contributed by atoms with van der Waals surface area (Å²) in [5, 5.41) is 3.22. The molecule has 4 nitrogen and oxygen atoms in total. The molecule has 0 bridgehead atoms. The van der Waals surface area contributed by atoms with E-state index in [2.05, 4.69) is 37.9 Å². The molecule has 0 radical (unpaired) electrons. The number of nitrogens with zero attached hydrogens (tertiary/aromatic N) is 1. The highest BCUT2D eigenvalue weighted by molar-refractivity contribution is 5.84. The fraction of sp³-hybridized carbons (Fsp3) is 0.929. The van der Waals surface area contributed by atoms with Crippen LogP contribution in [0.15, 0.2) is 0 Å². The van der Waals surface area contributed by atoms with Gasteiger partial charge in [0, 0.05) is 19.6 Å². The molecule has 0 aliphatic rings. The number of amides is 1. The Morgan fingerprint density at radius 1 is 1.22 bits per heavy atom. The summed E-state index contributed by atoms with van der Waals surface area (Å²) in [5.74, 6) is 0.895. The first-order valence-corrected chi connectivity index (χ1v) is 6.98. The van der Waals surface area contributed by atoms with Crippen LogP contribution in [0.2, 0.25) is 0 Å². The highest BCUT2D eigenvalue weighted by Crippen LogP contribution is 2.11. The van der Waals surface area contributed by atoms with Crippen molar-refractivity contribution in [3.63, 3.8) is 0 Å². The van der Waals surface area contributed by atoms with Crippen molar-refractivity contribution in [1.82, 2.24) is 10.2 Å². The molecule has 4 heteroatoms. The molecule has 3 N–H and O–H groups in total. The Morgan fingerprint density at radius 2 is 1.67 bits per heavy atom. The van der Waals surface area contributed by atoms with Gasteiger partial charge in [-0.3, -0.25) is 4.79 Å². The van der Waals surface area contributed by atoms with Crippen molar-refractivity contribution in [2.24, 2.45) is 17.6 Å². The lowest BCUT2D eigenvalue weighted by molar-refractivity contribution is -0.124. The number of primary amides is 1. The van der Waals surface area contributed by atoms with Crippen LogP contribution < -0.4 is 11.1 Å². The van der Waals surface area contributed by atoms with Crippen molar-refractivity contribution < 1.29 is 4.79 Å². The first-order valence-electron chi connectivity index (χ1n) is 6.98. The third kappa shape index (κ3) is 6.36. The predicted octanol–water partition coefficient (Wildman–Crippen LogP) is 1.45. The van der Waals surface area contributed by atoms with Gasteiger partial charge in [-0.1, -0.05) is 34.6 Å². The van der Waals surface area contributed by atoms with E-state index in [1.807, 2.05) is 13.8 Å². The molecule has 18 heavy (non-hydrogen) atoms. The number of carbonyl (C=O) groups is 1. The summed E-state index contributed by atoms with van der Waals surface area (Å²) in [7, 11) is 0. The highest BCUT2D eigenvalue weighted by atomic mass is 16.1. The van der Waals surface area contributed by atoms with Gasteiger partial charge in [0.15, 0.2) is 0 Å². The van der Waals surface area contributed by atoms with Crippen molar-refractivity contribution in [3.05, 3.63) is 0 Å².